The first-order chi connectivity index (χ1) is 8.63. The Bertz CT molecular complexity index is 377. The molecule has 1 aromatic heterocycles. The van der Waals surface area contributed by atoms with Crippen molar-refractivity contribution in [1.29, 1.82) is 0 Å². The first-order valence-corrected chi connectivity index (χ1v) is 6.55. The average Bonchev–Trinajstić information content (AvgIpc) is 2.80. The minimum Gasteiger partial charge on any atom is -0.480 e. The zero-order valence-electron chi connectivity index (χ0n) is 10.2. The number of nitrogens with one attached hydrogen (secondary N) is 1. The Morgan fingerprint density at radius 3 is 2.89 bits per heavy atom. The predicted octanol–water partition coefficient (Wildman–Crippen LogP) is 1.29. The highest BCUT2D eigenvalue weighted by Gasteiger charge is 2.19. The molecule has 1 unspecified atom stereocenters. The van der Waals surface area contributed by atoms with Crippen molar-refractivity contribution in [3.63, 3.8) is 0 Å². The molecule has 5 nitrogen and oxygen atoms in total. The van der Waals surface area contributed by atoms with Crippen molar-refractivity contribution in [3.05, 3.63) is 22.4 Å². The molecule has 0 aliphatic heterocycles. The number of amides is 1. The number of carbonyl (C=O) groups is 2. The second-order valence-electron chi connectivity index (χ2n) is 3.85. The number of methoxy groups -OCH3 is 1. The van der Waals surface area contributed by atoms with Gasteiger partial charge in [0.2, 0.25) is 5.91 Å². The van der Waals surface area contributed by atoms with Gasteiger partial charge in [0.25, 0.3) is 0 Å². The van der Waals surface area contributed by atoms with Gasteiger partial charge >= 0.3 is 5.97 Å². The van der Waals surface area contributed by atoms with Gasteiger partial charge in [-0.25, -0.2) is 4.79 Å². The van der Waals surface area contributed by atoms with Crippen LogP contribution in [0, 0.1) is 0 Å². The van der Waals surface area contributed by atoms with E-state index in [9.17, 15) is 9.59 Å². The number of thiophene rings is 1. The Morgan fingerprint density at radius 1 is 1.56 bits per heavy atom. The Morgan fingerprint density at radius 2 is 2.33 bits per heavy atom. The summed E-state index contributed by atoms with van der Waals surface area (Å²) < 4.78 is 4.86. The average molecular weight is 271 g/mol. The summed E-state index contributed by atoms with van der Waals surface area (Å²) in [6, 6.07) is 2.87. The van der Waals surface area contributed by atoms with Crippen LogP contribution < -0.4 is 5.32 Å². The van der Waals surface area contributed by atoms with Gasteiger partial charge in [0.05, 0.1) is 6.42 Å². The number of rotatable bonds is 8. The van der Waals surface area contributed by atoms with E-state index in [0.29, 0.717) is 19.4 Å². The van der Waals surface area contributed by atoms with E-state index in [1.165, 1.54) is 11.3 Å². The summed E-state index contributed by atoms with van der Waals surface area (Å²) in [5, 5.41) is 13.4. The predicted molar refractivity (Wildman–Crippen MR) is 68.7 cm³/mol. The number of carboxylic acids is 1. The fraction of sp³-hybridized carbons (Fsp3) is 0.500. The Kier molecular flexibility index (Phi) is 6.38. The van der Waals surface area contributed by atoms with Gasteiger partial charge in [-0.05, 0) is 24.3 Å². The lowest BCUT2D eigenvalue weighted by molar-refractivity contribution is -0.142. The summed E-state index contributed by atoms with van der Waals surface area (Å²) in [6.07, 6.45) is 1.21. The fourth-order valence-electron chi connectivity index (χ4n) is 1.51. The highest BCUT2D eigenvalue weighted by atomic mass is 32.1. The second-order valence-corrected chi connectivity index (χ2v) is 4.88. The van der Waals surface area contributed by atoms with Gasteiger partial charge in [-0.3, -0.25) is 4.79 Å². The molecule has 0 saturated carbocycles. The summed E-state index contributed by atoms with van der Waals surface area (Å²) in [7, 11) is 1.56. The Balaban J connectivity index is 2.40. The van der Waals surface area contributed by atoms with Crippen LogP contribution in [0.2, 0.25) is 0 Å². The number of aliphatic carboxylic acids is 1. The van der Waals surface area contributed by atoms with Crippen molar-refractivity contribution in [2.24, 2.45) is 0 Å². The summed E-state index contributed by atoms with van der Waals surface area (Å²) in [6.45, 7) is 0.491. The third-order valence-electron chi connectivity index (χ3n) is 2.39. The highest BCUT2D eigenvalue weighted by Crippen LogP contribution is 2.09. The molecule has 0 bridgehead atoms. The lowest BCUT2D eigenvalue weighted by atomic mass is 10.1. The molecular formula is C12H17NO4S. The molecule has 0 spiro atoms. The Labute approximate surface area is 110 Å². The van der Waals surface area contributed by atoms with Crippen molar-refractivity contribution in [1.82, 2.24) is 5.32 Å². The third kappa shape index (κ3) is 5.29. The van der Waals surface area contributed by atoms with Crippen LogP contribution in [0.25, 0.3) is 0 Å². The highest BCUT2D eigenvalue weighted by molar-refractivity contribution is 7.10. The monoisotopic (exact) mass is 271 g/mol. The molecule has 1 amide bonds. The summed E-state index contributed by atoms with van der Waals surface area (Å²) in [5.74, 6) is -1.27. The molecule has 0 aliphatic carbocycles. The maximum Gasteiger partial charge on any atom is 0.326 e. The maximum atomic E-state index is 11.7. The zero-order valence-corrected chi connectivity index (χ0v) is 11.0. The van der Waals surface area contributed by atoms with Crippen molar-refractivity contribution >= 4 is 23.2 Å². The third-order valence-corrected chi connectivity index (χ3v) is 3.27. The number of hydrogen-bond acceptors (Lipinski definition) is 4. The molecule has 0 aliphatic rings. The molecule has 1 atom stereocenters. The van der Waals surface area contributed by atoms with Gasteiger partial charge in [-0.2, -0.15) is 0 Å². The normalized spacial score (nSPS) is 12.1. The van der Waals surface area contributed by atoms with Crippen molar-refractivity contribution < 1.29 is 19.4 Å². The van der Waals surface area contributed by atoms with E-state index in [0.717, 1.165) is 4.88 Å². The van der Waals surface area contributed by atoms with E-state index in [1.54, 1.807) is 7.11 Å². The van der Waals surface area contributed by atoms with Gasteiger partial charge in [0, 0.05) is 18.6 Å². The number of ether oxygens (including phenoxy) is 1. The van der Waals surface area contributed by atoms with Gasteiger partial charge in [-0.15, -0.1) is 11.3 Å². The molecular weight excluding hydrogens is 254 g/mol. The fourth-order valence-corrected chi connectivity index (χ4v) is 2.21. The van der Waals surface area contributed by atoms with Crippen LogP contribution in [0.4, 0.5) is 0 Å². The van der Waals surface area contributed by atoms with E-state index in [-0.39, 0.29) is 12.3 Å². The van der Waals surface area contributed by atoms with Crippen LogP contribution in [0.3, 0.4) is 0 Å². The second kappa shape index (κ2) is 7.84. The first-order valence-electron chi connectivity index (χ1n) is 5.67. The molecule has 1 rings (SSSR count). The van der Waals surface area contributed by atoms with E-state index in [2.05, 4.69) is 5.32 Å². The molecule has 100 valence electrons. The van der Waals surface area contributed by atoms with E-state index < -0.39 is 12.0 Å². The van der Waals surface area contributed by atoms with Crippen LogP contribution in [0.5, 0.6) is 0 Å². The number of carbonyl (C=O) groups excluding carboxylic acids is 1. The number of carboxylic acid groups (broad SMARTS) is 1. The van der Waals surface area contributed by atoms with Crippen LogP contribution >= 0.6 is 11.3 Å². The molecule has 1 heterocycles. The van der Waals surface area contributed by atoms with Crippen LogP contribution in [-0.2, 0) is 20.7 Å². The van der Waals surface area contributed by atoms with Crippen molar-refractivity contribution in [3.8, 4) is 0 Å². The topological polar surface area (TPSA) is 75.6 Å². The van der Waals surface area contributed by atoms with Gasteiger partial charge in [0.15, 0.2) is 0 Å². The summed E-state index contributed by atoms with van der Waals surface area (Å²) in [4.78, 5) is 23.6. The SMILES string of the molecule is COCCCC(NC(=O)Cc1cccs1)C(=O)O. The molecule has 18 heavy (non-hydrogen) atoms. The van der Waals surface area contributed by atoms with Crippen LogP contribution in [0.1, 0.15) is 17.7 Å². The largest absolute Gasteiger partial charge is 0.480 e. The molecule has 0 fully saturated rings. The minimum atomic E-state index is -1.01. The first kappa shape index (κ1) is 14.7. The van der Waals surface area contributed by atoms with Gasteiger partial charge < -0.3 is 15.2 Å². The number of hydrogen-bond donors (Lipinski definition) is 2. The minimum absolute atomic E-state index is 0.228. The smallest absolute Gasteiger partial charge is 0.326 e. The molecule has 0 aromatic carbocycles. The lowest BCUT2D eigenvalue weighted by Gasteiger charge is -2.13. The molecule has 0 saturated heterocycles. The Hall–Kier alpha value is -1.40. The summed E-state index contributed by atoms with van der Waals surface area (Å²) in [5.41, 5.74) is 0. The molecule has 6 heteroatoms. The zero-order chi connectivity index (χ0) is 13.4. The maximum absolute atomic E-state index is 11.7. The van der Waals surface area contributed by atoms with E-state index in [4.69, 9.17) is 9.84 Å². The van der Waals surface area contributed by atoms with E-state index >= 15 is 0 Å². The molecule has 0 radical (unpaired) electrons. The standard InChI is InChI=1S/C12H17NO4S/c1-17-6-2-5-10(12(15)16)13-11(14)8-9-4-3-7-18-9/h3-4,7,10H,2,5-6,8H2,1H3,(H,13,14)(H,15,16). The van der Waals surface area contributed by atoms with E-state index in [1.807, 2.05) is 17.5 Å². The van der Waals surface area contributed by atoms with Gasteiger partial charge in [0.1, 0.15) is 6.04 Å². The lowest BCUT2D eigenvalue weighted by Crippen LogP contribution is -2.41. The van der Waals surface area contributed by atoms with Crippen LogP contribution in [-0.4, -0.2) is 36.7 Å². The van der Waals surface area contributed by atoms with Gasteiger partial charge in [-0.1, -0.05) is 6.07 Å². The van der Waals surface area contributed by atoms with Crippen molar-refractivity contribution in [2.75, 3.05) is 13.7 Å². The quantitative estimate of drug-likeness (QED) is 0.699. The summed E-state index contributed by atoms with van der Waals surface area (Å²) >= 11 is 1.48. The molecule has 1 aromatic rings. The van der Waals surface area contributed by atoms with Crippen LogP contribution in [0.15, 0.2) is 17.5 Å². The van der Waals surface area contributed by atoms with Crippen molar-refractivity contribution in [2.45, 2.75) is 25.3 Å². The molecule has 2 N–H and O–H groups in total.